The Bertz CT molecular complexity index is 1170. The third-order valence-corrected chi connectivity index (χ3v) is 5.06. The van der Waals surface area contributed by atoms with Crippen molar-refractivity contribution in [2.24, 2.45) is 0 Å². The molecular weight excluding hydrogens is 408 g/mol. The molecule has 1 aliphatic heterocycles. The minimum Gasteiger partial charge on any atom is -0.487 e. The van der Waals surface area contributed by atoms with Crippen molar-refractivity contribution in [2.45, 2.75) is 6.10 Å². The number of aromatic nitrogens is 3. The number of ether oxygens (including phenoxy) is 2. The highest BCUT2D eigenvalue weighted by atomic mass is 16.5. The van der Waals surface area contributed by atoms with E-state index < -0.39 is 0 Å². The summed E-state index contributed by atoms with van der Waals surface area (Å²) in [6.07, 6.45) is 3.33. The van der Waals surface area contributed by atoms with Crippen molar-refractivity contribution in [3.63, 3.8) is 0 Å². The molecule has 0 unspecified atom stereocenters. The molecule has 0 saturated carbocycles. The Kier molecular flexibility index (Phi) is 5.48. The molecule has 0 aliphatic carbocycles. The molecule has 3 heterocycles. The number of carbonyl (C=O) groups excluding carboxylic acids is 1. The maximum absolute atomic E-state index is 12.2. The largest absolute Gasteiger partial charge is 0.487 e. The lowest BCUT2D eigenvalue weighted by Crippen LogP contribution is -2.57. The highest BCUT2D eigenvalue weighted by Gasteiger charge is 2.32. The normalized spacial score (nSPS) is 13.4. The SMILES string of the molecule is O=C(COc1ccccc1)N1CC(Oc2ccc(-c3noc(-c4cccnc4)n3)cc2)C1. The molecule has 8 nitrogen and oxygen atoms in total. The van der Waals surface area contributed by atoms with Crippen LogP contribution in [0.1, 0.15) is 0 Å². The predicted molar refractivity (Wildman–Crippen MR) is 116 cm³/mol. The van der Waals surface area contributed by atoms with Crippen LogP contribution in [0.15, 0.2) is 83.6 Å². The molecular formula is C24H20N4O4. The number of hydrogen-bond acceptors (Lipinski definition) is 7. The van der Waals surface area contributed by atoms with Gasteiger partial charge in [0.1, 0.15) is 17.6 Å². The highest BCUT2D eigenvalue weighted by molar-refractivity contribution is 5.78. The molecule has 5 rings (SSSR count). The Balaban J connectivity index is 1.11. The molecule has 0 radical (unpaired) electrons. The fraction of sp³-hybridized carbons (Fsp3) is 0.167. The van der Waals surface area contributed by atoms with Gasteiger partial charge in [-0.05, 0) is 48.5 Å². The van der Waals surface area contributed by atoms with E-state index in [4.69, 9.17) is 14.0 Å². The second-order valence-corrected chi connectivity index (χ2v) is 7.33. The quantitative estimate of drug-likeness (QED) is 0.445. The van der Waals surface area contributed by atoms with Crippen LogP contribution < -0.4 is 9.47 Å². The first-order chi connectivity index (χ1) is 15.7. The van der Waals surface area contributed by atoms with Crippen molar-refractivity contribution >= 4 is 5.91 Å². The van der Waals surface area contributed by atoms with E-state index in [-0.39, 0.29) is 18.6 Å². The molecule has 160 valence electrons. The molecule has 0 spiro atoms. The Morgan fingerprint density at radius 3 is 2.53 bits per heavy atom. The van der Waals surface area contributed by atoms with E-state index in [2.05, 4.69) is 15.1 Å². The summed E-state index contributed by atoms with van der Waals surface area (Å²) in [5.74, 6) is 2.27. The van der Waals surface area contributed by atoms with E-state index in [1.54, 1.807) is 17.3 Å². The number of carbonyl (C=O) groups is 1. The standard InChI is InChI=1S/C24H20N4O4/c29-22(16-30-19-6-2-1-3-7-19)28-14-21(15-28)31-20-10-8-17(9-11-20)23-26-24(32-27-23)18-5-4-12-25-13-18/h1-13,21H,14-16H2. The number of rotatable bonds is 7. The first-order valence-electron chi connectivity index (χ1n) is 10.2. The lowest BCUT2D eigenvalue weighted by Gasteiger charge is -2.38. The van der Waals surface area contributed by atoms with Crippen LogP contribution in [0.2, 0.25) is 0 Å². The number of amides is 1. The Morgan fingerprint density at radius 2 is 1.78 bits per heavy atom. The van der Waals surface area contributed by atoms with Crippen molar-refractivity contribution in [3.05, 3.63) is 79.1 Å². The van der Waals surface area contributed by atoms with Gasteiger partial charge in [0.05, 0.1) is 18.7 Å². The fourth-order valence-electron chi connectivity index (χ4n) is 3.29. The maximum Gasteiger partial charge on any atom is 0.260 e. The zero-order valence-electron chi connectivity index (χ0n) is 17.1. The van der Waals surface area contributed by atoms with E-state index in [9.17, 15) is 4.79 Å². The summed E-state index contributed by atoms with van der Waals surface area (Å²) in [4.78, 5) is 22.4. The van der Waals surface area contributed by atoms with Gasteiger partial charge >= 0.3 is 0 Å². The topological polar surface area (TPSA) is 90.6 Å². The van der Waals surface area contributed by atoms with Crippen LogP contribution in [-0.4, -0.2) is 51.7 Å². The molecule has 0 bridgehead atoms. The van der Waals surface area contributed by atoms with Gasteiger partial charge in [-0.25, -0.2) is 0 Å². The molecule has 32 heavy (non-hydrogen) atoms. The van der Waals surface area contributed by atoms with E-state index in [0.717, 1.165) is 16.9 Å². The summed E-state index contributed by atoms with van der Waals surface area (Å²) in [6, 6.07) is 20.5. The number of nitrogens with zero attached hydrogens (tertiary/aromatic N) is 4. The third kappa shape index (κ3) is 4.44. The highest BCUT2D eigenvalue weighted by Crippen LogP contribution is 2.25. The summed E-state index contributed by atoms with van der Waals surface area (Å²) in [7, 11) is 0. The molecule has 4 aromatic rings. The Hall–Kier alpha value is -4.20. The van der Waals surface area contributed by atoms with Crippen molar-refractivity contribution in [3.8, 4) is 34.3 Å². The number of benzene rings is 2. The summed E-state index contributed by atoms with van der Waals surface area (Å²) in [5, 5.41) is 4.04. The summed E-state index contributed by atoms with van der Waals surface area (Å²) in [5.41, 5.74) is 1.59. The Morgan fingerprint density at radius 1 is 0.969 bits per heavy atom. The number of para-hydroxylation sites is 1. The monoisotopic (exact) mass is 428 g/mol. The van der Waals surface area contributed by atoms with E-state index >= 15 is 0 Å². The van der Waals surface area contributed by atoms with Crippen molar-refractivity contribution in [1.29, 1.82) is 0 Å². The van der Waals surface area contributed by atoms with Crippen molar-refractivity contribution in [2.75, 3.05) is 19.7 Å². The van der Waals surface area contributed by atoms with Crippen LogP contribution in [0.25, 0.3) is 22.8 Å². The molecule has 8 heteroatoms. The summed E-state index contributed by atoms with van der Waals surface area (Å²) < 4.78 is 16.8. The second kappa shape index (κ2) is 8.89. The van der Waals surface area contributed by atoms with Gasteiger partial charge in [-0.15, -0.1) is 0 Å². The van der Waals surface area contributed by atoms with Gasteiger partial charge in [0, 0.05) is 18.0 Å². The number of likely N-dealkylation sites (tertiary alicyclic amines) is 1. The lowest BCUT2D eigenvalue weighted by atomic mass is 10.1. The number of pyridine rings is 1. The van der Waals surface area contributed by atoms with Crippen LogP contribution in [0, 0.1) is 0 Å². The molecule has 2 aromatic heterocycles. The van der Waals surface area contributed by atoms with E-state index in [0.29, 0.717) is 30.6 Å². The molecule has 2 aromatic carbocycles. The lowest BCUT2D eigenvalue weighted by molar-refractivity contribution is -0.142. The minimum atomic E-state index is -0.0504. The molecule has 1 aliphatic rings. The van der Waals surface area contributed by atoms with Gasteiger partial charge in [-0.2, -0.15) is 4.98 Å². The zero-order chi connectivity index (χ0) is 21.8. The van der Waals surface area contributed by atoms with E-state index in [1.165, 1.54) is 0 Å². The third-order valence-electron chi connectivity index (χ3n) is 5.06. The molecule has 1 saturated heterocycles. The maximum atomic E-state index is 12.2. The molecule has 1 fully saturated rings. The molecule has 1 amide bonds. The van der Waals surface area contributed by atoms with Crippen molar-refractivity contribution in [1.82, 2.24) is 20.0 Å². The summed E-state index contributed by atoms with van der Waals surface area (Å²) in [6.45, 7) is 1.10. The van der Waals surface area contributed by atoms with Crippen LogP contribution in [0.4, 0.5) is 0 Å². The second-order valence-electron chi connectivity index (χ2n) is 7.33. The van der Waals surface area contributed by atoms with Crippen molar-refractivity contribution < 1.29 is 18.8 Å². The first kappa shape index (κ1) is 19.7. The molecule has 0 atom stereocenters. The zero-order valence-corrected chi connectivity index (χ0v) is 17.1. The van der Waals surface area contributed by atoms with Gasteiger partial charge < -0.3 is 18.9 Å². The van der Waals surface area contributed by atoms with Crippen LogP contribution in [0.5, 0.6) is 11.5 Å². The minimum absolute atomic E-state index is 0.0250. The van der Waals surface area contributed by atoms with Crippen LogP contribution in [0.3, 0.4) is 0 Å². The van der Waals surface area contributed by atoms with Gasteiger partial charge in [-0.1, -0.05) is 23.4 Å². The van der Waals surface area contributed by atoms with E-state index in [1.807, 2.05) is 66.7 Å². The van der Waals surface area contributed by atoms with Gasteiger partial charge in [0.2, 0.25) is 5.82 Å². The van der Waals surface area contributed by atoms with Crippen LogP contribution in [-0.2, 0) is 4.79 Å². The first-order valence-corrected chi connectivity index (χ1v) is 10.2. The van der Waals surface area contributed by atoms with Crippen LogP contribution >= 0.6 is 0 Å². The molecule has 0 N–H and O–H groups in total. The Labute approximate surface area is 184 Å². The average molecular weight is 428 g/mol. The van der Waals surface area contributed by atoms with Gasteiger partial charge in [0.25, 0.3) is 11.8 Å². The fourth-order valence-corrected chi connectivity index (χ4v) is 3.29. The van der Waals surface area contributed by atoms with Gasteiger partial charge in [0.15, 0.2) is 6.61 Å². The predicted octanol–water partition coefficient (Wildman–Crippen LogP) is 3.47. The summed E-state index contributed by atoms with van der Waals surface area (Å²) >= 11 is 0. The smallest absolute Gasteiger partial charge is 0.260 e. The number of hydrogen-bond donors (Lipinski definition) is 0. The average Bonchev–Trinajstić information content (AvgIpc) is 3.32. The van der Waals surface area contributed by atoms with Gasteiger partial charge in [-0.3, -0.25) is 9.78 Å².